The van der Waals surface area contributed by atoms with E-state index in [0.29, 0.717) is 5.92 Å². The van der Waals surface area contributed by atoms with E-state index in [2.05, 4.69) is 44.3 Å². The number of thiophene rings is 2. The van der Waals surface area contributed by atoms with Gasteiger partial charge >= 0.3 is 0 Å². The molecule has 0 aliphatic rings. The lowest BCUT2D eigenvalue weighted by molar-refractivity contribution is 1.10. The summed E-state index contributed by atoms with van der Waals surface area (Å²) < 4.78 is 0. The van der Waals surface area contributed by atoms with Gasteiger partial charge in [-0.05, 0) is 31.2 Å². The van der Waals surface area contributed by atoms with Crippen LogP contribution in [0.15, 0.2) is 43.5 Å². The predicted molar refractivity (Wildman–Crippen MR) is 75.5 cm³/mol. The van der Waals surface area contributed by atoms with Gasteiger partial charge in [0.15, 0.2) is 0 Å². The van der Waals surface area contributed by atoms with Crippen molar-refractivity contribution < 1.29 is 0 Å². The SMILES string of the molecule is C=Cc1ccc(C(C=C)c2ccc(C)s2)s1. The topological polar surface area (TPSA) is 0 Å². The lowest BCUT2D eigenvalue weighted by Crippen LogP contribution is -1.89. The molecule has 0 saturated carbocycles. The van der Waals surface area contributed by atoms with Crippen LogP contribution < -0.4 is 0 Å². The molecular weight excluding hydrogens is 232 g/mol. The Balaban J connectivity index is 2.35. The maximum absolute atomic E-state index is 3.95. The van der Waals surface area contributed by atoms with Gasteiger partial charge in [0.05, 0.1) is 0 Å². The summed E-state index contributed by atoms with van der Waals surface area (Å²) in [6.07, 6.45) is 3.91. The number of allylic oxidation sites excluding steroid dienone is 1. The minimum Gasteiger partial charge on any atom is -0.145 e. The standard InChI is InChI=1S/C14H14S2/c1-4-11-7-9-14(16-11)12(5-2)13-8-6-10(3)15-13/h4-9,12H,1-2H2,3H3. The molecule has 0 saturated heterocycles. The monoisotopic (exact) mass is 246 g/mol. The van der Waals surface area contributed by atoms with Crippen LogP contribution in [0.3, 0.4) is 0 Å². The molecule has 2 rings (SSSR count). The molecular formula is C14H14S2. The lowest BCUT2D eigenvalue weighted by Gasteiger charge is -2.07. The molecule has 82 valence electrons. The van der Waals surface area contributed by atoms with E-state index in [4.69, 9.17) is 0 Å². The first-order chi connectivity index (χ1) is 7.74. The summed E-state index contributed by atoms with van der Waals surface area (Å²) in [7, 11) is 0. The van der Waals surface area contributed by atoms with Crippen LogP contribution in [0.1, 0.15) is 25.4 Å². The van der Waals surface area contributed by atoms with Crippen molar-refractivity contribution in [3.8, 4) is 0 Å². The lowest BCUT2D eigenvalue weighted by atomic mass is 10.1. The molecule has 0 N–H and O–H groups in total. The van der Waals surface area contributed by atoms with Crippen LogP contribution in [0.25, 0.3) is 6.08 Å². The fourth-order valence-electron chi connectivity index (χ4n) is 1.64. The van der Waals surface area contributed by atoms with Gasteiger partial charge in [0.2, 0.25) is 0 Å². The van der Waals surface area contributed by atoms with E-state index in [1.807, 2.05) is 23.5 Å². The first kappa shape index (κ1) is 11.4. The summed E-state index contributed by atoms with van der Waals surface area (Å²) in [5, 5.41) is 0. The fourth-order valence-corrected chi connectivity index (χ4v) is 3.68. The molecule has 0 aliphatic carbocycles. The molecule has 0 nitrogen and oxygen atoms in total. The van der Waals surface area contributed by atoms with Gasteiger partial charge in [-0.1, -0.05) is 18.7 Å². The Hall–Kier alpha value is -1.12. The number of hydrogen-bond donors (Lipinski definition) is 0. The van der Waals surface area contributed by atoms with Crippen LogP contribution in [0.2, 0.25) is 0 Å². The minimum absolute atomic E-state index is 0.331. The first-order valence-electron chi connectivity index (χ1n) is 5.15. The molecule has 0 aromatic carbocycles. The van der Waals surface area contributed by atoms with E-state index in [1.165, 1.54) is 19.5 Å². The van der Waals surface area contributed by atoms with Crippen LogP contribution in [-0.2, 0) is 0 Å². The van der Waals surface area contributed by atoms with E-state index in [0.717, 1.165) is 0 Å². The van der Waals surface area contributed by atoms with E-state index in [9.17, 15) is 0 Å². The van der Waals surface area contributed by atoms with Crippen molar-refractivity contribution in [2.45, 2.75) is 12.8 Å². The van der Waals surface area contributed by atoms with Crippen molar-refractivity contribution >= 4 is 28.7 Å². The molecule has 0 amide bonds. The highest BCUT2D eigenvalue weighted by molar-refractivity contribution is 7.14. The second-order valence-corrected chi connectivity index (χ2v) is 6.07. The zero-order valence-corrected chi connectivity index (χ0v) is 10.9. The van der Waals surface area contributed by atoms with Gasteiger partial charge in [-0.2, -0.15) is 0 Å². The molecule has 0 aliphatic heterocycles. The third kappa shape index (κ3) is 2.18. The highest BCUT2D eigenvalue weighted by Crippen LogP contribution is 2.35. The molecule has 2 aromatic rings. The Kier molecular flexibility index (Phi) is 3.42. The summed E-state index contributed by atoms with van der Waals surface area (Å²) in [6, 6.07) is 8.64. The minimum atomic E-state index is 0.331. The highest BCUT2D eigenvalue weighted by Gasteiger charge is 2.13. The zero-order valence-electron chi connectivity index (χ0n) is 9.27. The normalized spacial score (nSPS) is 12.3. The molecule has 0 radical (unpaired) electrons. The Labute approximate surface area is 105 Å². The van der Waals surface area contributed by atoms with E-state index >= 15 is 0 Å². The maximum Gasteiger partial charge on any atom is 0.0455 e. The van der Waals surface area contributed by atoms with Gasteiger partial charge in [-0.3, -0.25) is 0 Å². The molecule has 0 fully saturated rings. The van der Waals surface area contributed by atoms with E-state index in [1.54, 1.807) is 11.3 Å². The third-order valence-electron chi connectivity index (χ3n) is 2.46. The largest absolute Gasteiger partial charge is 0.145 e. The average Bonchev–Trinajstić information content (AvgIpc) is 2.89. The second kappa shape index (κ2) is 4.81. The number of hydrogen-bond acceptors (Lipinski definition) is 2. The summed E-state index contributed by atoms with van der Waals surface area (Å²) in [4.78, 5) is 5.27. The summed E-state index contributed by atoms with van der Waals surface area (Å²) in [5.41, 5.74) is 0. The maximum atomic E-state index is 3.95. The first-order valence-corrected chi connectivity index (χ1v) is 6.79. The fraction of sp³-hybridized carbons (Fsp3) is 0.143. The molecule has 16 heavy (non-hydrogen) atoms. The molecule has 1 atom stereocenters. The van der Waals surface area contributed by atoms with Crippen molar-refractivity contribution in [2.75, 3.05) is 0 Å². The smallest absolute Gasteiger partial charge is 0.0455 e. The van der Waals surface area contributed by atoms with Crippen molar-refractivity contribution in [1.82, 2.24) is 0 Å². The molecule has 0 spiro atoms. The predicted octanol–water partition coefficient (Wildman–Crippen LogP) is 5.08. The average molecular weight is 246 g/mol. The van der Waals surface area contributed by atoms with Crippen LogP contribution in [0, 0.1) is 6.92 Å². The van der Waals surface area contributed by atoms with Crippen LogP contribution in [0.5, 0.6) is 0 Å². The van der Waals surface area contributed by atoms with Gasteiger partial charge < -0.3 is 0 Å². The van der Waals surface area contributed by atoms with Crippen molar-refractivity contribution in [1.29, 1.82) is 0 Å². The van der Waals surface area contributed by atoms with Crippen molar-refractivity contribution in [2.24, 2.45) is 0 Å². The van der Waals surface area contributed by atoms with Gasteiger partial charge in [-0.25, -0.2) is 0 Å². The second-order valence-electron chi connectivity index (χ2n) is 3.61. The number of rotatable bonds is 4. The Morgan fingerprint density at radius 3 is 2.25 bits per heavy atom. The Morgan fingerprint density at radius 2 is 1.75 bits per heavy atom. The summed E-state index contributed by atoms with van der Waals surface area (Å²) in [6.45, 7) is 9.88. The van der Waals surface area contributed by atoms with E-state index in [-0.39, 0.29) is 0 Å². The summed E-state index contributed by atoms with van der Waals surface area (Å²) >= 11 is 3.63. The highest BCUT2D eigenvalue weighted by atomic mass is 32.1. The molecule has 2 heterocycles. The molecule has 0 bridgehead atoms. The van der Waals surface area contributed by atoms with Crippen LogP contribution in [0.4, 0.5) is 0 Å². The molecule has 2 aromatic heterocycles. The van der Waals surface area contributed by atoms with E-state index < -0.39 is 0 Å². The van der Waals surface area contributed by atoms with Crippen molar-refractivity contribution in [3.63, 3.8) is 0 Å². The van der Waals surface area contributed by atoms with Crippen molar-refractivity contribution in [3.05, 3.63) is 63.0 Å². The Bertz CT molecular complexity index is 502. The third-order valence-corrected chi connectivity index (χ3v) is 4.71. The van der Waals surface area contributed by atoms with Crippen LogP contribution >= 0.6 is 22.7 Å². The zero-order chi connectivity index (χ0) is 11.5. The van der Waals surface area contributed by atoms with Gasteiger partial charge in [0.1, 0.15) is 0 Å². The van der Waals surface area contributed by atoms with Gasteiger partial charge in [-0.15, -0.1) is 29.3 Å². The van der Waals surface area contributed by atoms with Crippen LogP contribution in [-0.4, -0.2) is 0 Å². The quantitative estimate of drug-likeness (QED) is 0.660. The van der Waals surface area contributed by atoms with Gasteiger partial charge in [0.25, 0.3) is 0 Å². The Morgan fingerprint density at radius 1 is 1.06 bits per heavy atom. The number of aryl methyl sites for hydroxylation is 1. The molecule has 2 heteroatoms. The summed E-state index contributed by atoms with van der Waals surface area (Å²) in [5.74, 6) is 0.331. The van der Waals surface area contributed by atoms with Gasteiger partial charge in [0, 0.05) is 25.4 Å². The molecule has 1 unspecified atom stereocenters.